The van der Waals surface area contributed by atoms with Crippen molar-refractivity contribution in [2.45, 2.75) is 277 Å². The summed E-state index contributed by atoms with van der Waals surface area (Å²) in [6, 6.07) is 0. The van der Waals surface area contributed by atoms with Gasteiger partial charge in [0.05, 0.1) is 0 Å². The molecule has 0 aromatic heterocycles. The molecule has 0 radical (unpaired) electrons. The molecule has 4 N–H and O–H groups in total. The normalized spacial score (nSPS) is 12.1. The van der Waals surface area contributed by atoms with E-state index in [0.717, 1.165) is 25.7 Å². The van der Waals surface area contributed by atoms with E-state index in [1.54, 1.807) is 0 Å². The van der Waals surface area contributed by atoms with Crippen LogP contribution >= 0.6 is 0 Å². The van der Waals surface area contributed by atoms with Crippen LogP contribution in [0.15, 0.2) is 24.3 Å². The Morgan fingerprint density at radius 1 is 0.352 bits per heavy atom. The van der Waals surface area contributed by atoms with Gasteiger partial charge in [0.1, 0.15) is 0 Å². The lowest BCUT2D eigenvalue weighted by Crippen LogP contribution is -2.37. The summed E-state index contributed by atoms with van der Waals surface area (Å²) in [4.78, 5) is 24.3. The fourth-order valence-electron chi connectivity index (χ4n) is 8.18. The second-order valence-corrected chi connectivity index (χ2v) is 17.2. The van der Waals surface area contributed by atoms with Gasteiger partial charge < -0.3 is 11.5 Å². The standard InChI is InChI=1S/C50H96N2O2/c1-3-5-7-9-11-13-15-17-19-21-23-25-27-29-31-33-35-37-39-41-45-50(49(52)54,47-43-44-48(51)53)46-42-40-38-36-34-32-30-28-26-24-22-20-18-16-14-12-10-8-6-4-2/h17-20H,3-16,21-47H2,1-2H3,(H2,51,53)(H2,52,54)/b19-17-,20-18-. The number of carbonyl (C=O) groups excluding carboxylic acids is 2. The number of nitrogens with two attached hydrogens (primary N) is 2. The third-order valence-electron chi connectivity index (χ3n) is 11.9. The van der Waals surface area contributed by atoms with E-state index < -0.39 is 5.41 Å². The number of amides is 2. The molecule has 0 rings (SSSR count). The van der Waals surface area contributed by atoms with Crippen molar-refractivity contribution in [1.29, 1.82) is 0 Å². The second kappa shape index (κ2) is 42.6. The summed E-state index contributed by atoms with van der Waals surface area (Å²) in [7, 11) is 0. The fraction of sp³-hybridized carbons (Fsp3) is 0.880. The minimum absolute atomic E-state index is 0.159. The molecule has 0 aromatic rings. The molecule has 0 atom stereocenters. The topological polar surface area (TPSA) is 86.2 Å². The first-order valence-electron chi connectivity index (χ1n) is 24.4. The SMILES string of the molecule is CCCCCCCC/C=C\CCCCCCCCCCCCC(CCCCCCCCCCCC/C=C\CCCCCCCC)(CCCC(N)=O)C(N)=O. The van der Waals surface area contributed by atoms with Crippen LogP contribution in [0.4, 0.5) is 0 Å². The zero-order valence-corrected chi connectivity index (χ0v) is 36.8. The number of unbranched alkanes of at least 4 members (excludes halogenated alkanes) is 32. The minimum Gasteiger partial charge on any atom is -0.370 e. The minimum atomic E-state index is -0.470. The third-order valence-corrected chi connectivity index (χ3v) is 11.9. The molecule has 0 spiro atoms. The Labute approximate surface area is 338 Å². The highest BCUT2D eigenvalue weighted by Gasteiger charge is 2.35. The van der Waals surface area contributed by atoms with Gasteiger partial charge >= 0.3 is 0 Å². The largest absolute Gasteiger partial charge is 0.370 e. The molecule has 0 fully saturated rings. The van der Waals surface area contributed by atoms with Gasteiger partial charge in [0.25, 0.3) is 0 Å². The van der Waals surface area contributed by atoms with E-state index in [0.29, 0.717) is 19.3 Å². The van der Waals surface area contributed by atoms with E-state index in [4.69, 9.17) is 11.5 Å². The average molecular weight is 757 g/mol. The first-order valence-corrected chi connectivity index (χ1v) is 24.4. The van der Waals surface area contributed by atoms with Gasteiger partial charge in [0, 0.05) is 11.8 Å². The lowest BCUT2D eigenvalue weighted by Gasteiger charge is -2.31. The molecule has 318 valence electrons. The highest BCUT2D eigenvalue weighted by atomic mass is 16.1. The van der Waals surface area contributed by atoms with E-state index in [9.17, 15) is 9.59 Å². The highest BCUT2D eigenvalue weighted by molar-refractivity contribution is 5.81. The Kier molecular flexibility index (Phi) is 41.3. The molecule has 4 heteroatoms. The number of primary amides is 2. The lowest BCUT2D eigenvalue weighted by atomic mass is 9.73. The van der Waals surface area contributed by atoms with E-state index in [2.05, 4.69) is 38.2 Å². The molecular weight excluding hydrogens is 661 g/mol. The van der Waals surface area contributed by atoms with Crippen LogP contribution in [-0.2, 0) is 9.59 Å². The summed E-state index contributed by atoms with van der Waals surface area (Å²) in [5.41, 5.74) is 11.1. The van der Waals surface area contributed by atoms with Gasteiger partial charge in [-0.1, -0.05) is 218 Å². The Bertz CT molecular complexity index is 800. The predicted octanol–water partition coefficient (Wildman–Crippen LogP) is 16.1. The zero-order chi connectivity index (χ0) is 39.5. The van der Waals surface area contributed by atoms with Crippen LogP contribution in [0.3, 0.4) is 0 Å². The van der Waals surface area contributed by atoms with Gasteiger partial charge in [-0.05, 0) is 77.0 Å². The summed E-state index contributed by atoms with van der Waals surface area (Å²) < 4.78 is 0. The lowest BCUT2D eigenvalue weighted by molar-refractivity contribution is -0.129. The molecule has 2 amide bonds. The van der Waals surface area contributed by atoms with Crippen LogP contribution in [0, 0.1) is 5.41 Å². The Hall–Kier alpha value is -1.58. The number of carbonyl (C=O) groups is 2. The van der Waals surface area contributed by atoms with Gasteiger partial charge in [0.15, 0.2) is 0 Å². The van der Waals surface area contributed by atoms with Crippen molar-refractivity contribution < 1.29 is 9.59 Å². The molecule has 0 aliphatic heterocycles. The van der Waals surface area contributed by atoms with Crippen LogP contribution in [-0.4, -0.2) is 11.8 Å². The first-order chi connectivity index (χ1) is 26.5. The molecule has 0 bridgehead atoms. The molecule has 0 saturated heterocycles. The number of allylic oxidation sites excluding steroid dienone is 4. The smallest absolute Gasteiger partial charge is 0.223 e. The van der Waals surface area contributed by atoms with Crippen molar-refractivity contribution in [1.82, 2.24) is 0 Å². The first kappa shape index (κ1) is 52.4. The molecular formula is C50H96N2O2. The van der Waals surface area contributed by atoms with Crippen LogP contribution in [0.5, 0.6) is 0 Å². The summed E-state index contributed by atoms with van der Waals surface area (Å²) in [5.74, 6) is -0.437. The molecule has 54 heavy (non-hydrogen) atoms. The van der Waals surface area contributed by atoms with Gasteiger partial charge in [-0.2, -0.15) is 0 Å². The van der Waals surface area contributed by atoms with Crippen molar-refractivity contribution in [3.05, 3.63) is 24.3 Å². The maximum atomic E-state index is 12.9. The average Bonchev–Trinajstić information content (AvgIpc) is 3.15. The monoisotopic (exact) mass is 757 g/mol. The van der Waals surface area contributed by atoms with Crippen molar-refractivity contribution >= 4 is 11.8 Å². The van der Waals surface area contributed by atoms with E-state index in [1.807, 2.05) is 0 Å². The molecule has 0 aliphatic rings. The van der Waals surface area contributed by atoms with Crippen molar-refractivity contribution in [3.8, 4) is 0 Å². The van der Waals surface area contributed by atoms with Crippen LogP contribution in [0.2, 0.25) is 0 Å². The van der Waals surface area contributed by atoms with E-state index in [1.165, 1.54) is 218 Å². The van der Waals surface area contributed by atoms with Crippen molar-refractivity contribution in [2.75, 3.05) is 0 Å². The number of rotatable bonds is 45. The van der Waals surface area contributed by atoms with Crippen LogP contribution in [0.25, 0.3) is 0 Å². The fourth-order valence-corrected chi connectivity index (χ4v) is 8.18. The molecule has 0 aliphatic carbocycles. The maximum absolute atomic E-state index is 12.9. The Morgan fingerprint density at radius 3 is 0.852 bits per heavy atom. The van der Waals surface area contributed by atoms with Gasteiger partial charge in [-0.25, -0.2) is 0 Å². The molecule has 4 nitrogen and oxygen atoms in total. The van der Waals surface area contributed by atoms with Crippen LogP contribution < -0.4 is 11.5 Å². The molecule has 0 aromatic carbocycles. The summed E-state index contributed by atoms with van der Waals surface area (Å²) >= 11 is 0. The quantitative estimate of drug-likeness (QED) is 0.0479. The van der Waals surface area contributed by atoms with E-state index >= 15 is 0 Å². The highest BCUT2D eigenvalue weighted by Crippen LogP contribution is 2.37. The second-order valence-electron chi connectivity index (χ2n) is 17.2. The molecule has 0 unspecified atom stereocenters. The number of hydrogen-bond acceptors (Lipinski definition) is 2. The Morgan fingerprint density at radius 2 is 0.593 bits per heavy atom. The summed E-state index contributed by atoms with van der Waals surface area (Å²) in [6.45, 7) is 4.57. The number of hydrogen-bond donors (Lipinski definition) is 2. The Balaban J connectivity index is 3.97. The molecule has 0 heterocycles. The van der Waals surface area contributed by atoms with Gasteiger partial charge in [-0.15, -0.1) is 0 Å². The van der Waals surface area contributed by atoms with Crippen molar-refractivity contribution in [2.24, 2.45) is 16.9 Å². The van der Waals surface area contributed by atoms with Crippen molar-refractivity contribution in [3.63, 3.8) is 0 Å². The summed E-state index contributed by atoms with van der Waals surface area (Å²) in [5, 5.41) is 0. The predicted molar refractivity (Wildman–Crippen MR) is 240 cm³/mol. The maximum Gasteiger partial charge on any atom is 0.223 e. The third kappa shape index (κ3) is 37.3. The summed E-state index contributed by atoms with van der Waals surface area (Å²) in [6.07, 6.45) is 60.6. The van der Waals surface area contributed by atoms with Gasteiger partial charge in [-0.3, -0.25) is 9.59 Å². The zero-order valence-electron chi connectivity index (χ0n) is 36.8. The van der Waals surface area contributed by atoms with E-state index in [-0.39, 0.29) is 11.8 Å². The van der Waals surface area contributed by atoms with Crippen LogP contribution in [0.1, 0.15) is 277 Å². The molecule has 0 saturated carbocycles. The van der Waals surface area contributed by atoms with Gasteiger partial charge in [0.2, 0.25) is 11.8 Å².